The van der Waals surface area contributed by atoms with Gasteiger partial charge in [-0.25, -0.2) is 0 Å². The van der Waals surface area contributed by atoms with E-state index in [1.54, 1.807) is 24.3 Å². The summed E-state index contributed by atoms with van der Waals surface area (Å²) in [5.41, 5.74) is 3.31. The van der Waals surface area contributed by atoms with Crippen molar-refractivity contribution in [2.45, 2.75) is 20.3 Å². The quantitative estimate of drug-likeness (QED) is 0.555. The molecule has 126 valence electrons. The van der Waals surface area contributed by atoms with Crippen molar-refractivity contribution in [3.8, 4) is 23.6 Å². The second-order valence-corrected chi connectivity index (χ2v) is 5.56. The van der Waals surface area contributed by atoms with Crippen molar-refractivity contribution in [2.75, 3.05) is 13.2 Å². The van der Waals surface area contributed by atoms with Crippen molar-refractivity contribution in [2.24, 2.45) is 0 Å². The first-order chi connectivity index (χ1) is 12.1. The van der Waals surface area contributed by atoms with Gasteiger partial charge in [0.05, 0.1) is 0 Å². The fraction of sp³-hybridized carbons (Fsp3) is 0.238. The van der Waals surface area contributed by atoms with Crippen LogP contribution in [0.5, 0.6) is 11.5 Å². The lowest BCUT2D eigenvalue weighted by Crippen LogP contribution is -2.09. The Hall–Kier alpha value is -3.24. The van der Waals surface area contributed by atoms with Crippen LogP contribution in [0.2, 0.25) is 0 Å². The van der Waals surface area contributed by atoms with Gasteiger partial charge in [0.25, 0.3) is 0 Å². The third-order valence-electron chi connectivity index (χ3n) is 3.57. The number of ether oxygens (including phenoxy) is 2. The van der Waals surface area contributed by atoms with E-state index < -0.39 is 0 Å². The van der Waals surface area contributed by atoms with E-state index >= 15 is 0 Å². The van der Waals surface area contributed by atoms with Gasteiger partial charge < -0.3 is 9.47 Å². The number of rotatable bonds is 7. The maximum Gasteiger partial charge on any atom is 0.130 e. The summed E-state index contributed by atoms with van der Waals surface area (Å²) in [6.45, 7) is 5.08. The first kappa shape index (κ1) is 18.1. The standard InChI is InChI=1S/C21H20N2O2/c1-3-17-10-16(2)11-21(13-17)25-9-8-24-20-6-4-18(5-7-20)12-19(14-22)15-23/h4-7,10-13H,3,8-9H2,1-2H3. The topological polar surface area (TPSA) is 66.0 Å². The van der Waals surface area contributed by atoms with Crippen LogP contribution in [0.25, 0.3) is 6.08 Å². The Kier molecular flexibility index (Phi) is 6.63. The number of allylic oxidation sites excluding steroid dienone is 1. The summed E-state index contributed by atoms with van der Waals surface area (Å²) >= 11 is 0. The lowest BCUT2D eigenvalue weighted by atomic mass is 10.1. The van der Waals surface area contributed by atoms with E-state index in [1.165, 1.54) is 17.2 Å². The van der Waals surface area contributed by atoms with Gasteiger partial charge in [-0.15, -0.1) is 0 Å². The van der Waals surface area contributed by atoms with Crippen molar-refractivity contribution >= 4 is 6.08 Å². The molecule has 0 bridgehead atoms. The molecule has 0 atom stereocenters. The van der Waals surface area contributed by atoms with Crippen LogP contribution in [0, 0.1) is 29.6 Å². The predicted molar refractivity (Wildman–Crippen MR) is 97.2 cm³/mol. The maximum absolute atomic E-state index is 8.75. The third kappa shape index (κ3) is 5.71. The zero-order chi connectivity index (χ0) is 18.1. The molecule has 0 fully saturated rings. The number of nitriles is 2. The van der Waals surface area contributed by atoms with Gasteiger partial charge >= 0.3 is 0 Å². The molecule has 2 rings (SSSR count). The van der Waals surface area contributed by atoms with Crippen LogP contribution in [-0.2, 0) is 6.42 Å². The first-order valence-corrected chi connectivity index (χ1v) is 8.12. The SMILES string of the molecule is CCc1cc(C)cc(OCCOc2ccc(C=C(C#N)C#N)cc2)c1. The van der Waals surface area contributed by atoms with E-state index in [9.17, 15) is 0 Å². The van der Waals surface area contributed by atoms with Crippen molar-refractivity contribution in [3.05, 3.63) is 64.7 Å². The monoisotopic (exact) mass is 332 g/mol. The maximum atomic E-state index is 8.75. The van der Waals surface area contributed by atoms with Crippen LogP contribution in [0.1, 0.15) is 23.6 Å². The Morgan fingerprint density at radius 1 is 0.960 bits per heavy atom. The Morgan fingerprint density at radius 2 is 1.60 bits per heavy atom. The largest absolute Gasteiger partial charge is 0.490 e. The molecule has 0 saturated heterocycles. The molecule has 4 nitrogen and oxygen atoms in total. The molecule has 0 aromatic heterocycles. The van der Waals surface area contributed by atoms with Crippen molar-refractivity contribution in [1.29, 1.82) is 10.5 Å². The average molecular weight is 332 g/mol. The second-order valence-electron chi connectivity index (χ2n) is 5.56. The fourth-order valence-corrected chi connectivity index (χ4v) is 2.35. The molecule has 2 aromatic carbocycles. The summed E-state index contributed by atoms with van der Waals surface area (Å²) in [7, 11) is 0. The Bertz CT molecular complexity index is 808. The number of aryl methyl sites for hydroxylation is 2. The van der Waals surface area contributed by atoms with Gasteiger partial charge in [0.15, 0.2) is 0 Å². The summed E-state index contributed by atoms with van der Waals surface area (Å²) in [4.78, 5) is 0. The molecule has 0 spiro atoms. The Labute approximate surface area is 148 Å². The Balaban J connectivity index is 1.84. The molecule has 0 unspecified atom stereocenters. The van der Waals surface area contributed by atoms with E-state index in [0.717, 1.165) is 23.5 Å². The van der Waals surface area contributed by atoms with Crippen LogP contribution in [0.3, 0.4) is 0 Å². The van der Waals surface area contributed by atoms with E-state index in [-0.39, 0.29) is 5.57 Å². The predicted octanol–water partition coefficient (Wildman–Crippen LogP) is 4.45. The molecule has 0 N–H and O–H groups in total. The summed E-state index contributed by atoms with van der Waals surface area (Å²) in [6.07, 6.45) is 2.52. The summed E-state index contributed by atoms with van der Waals surface area (Å²) in [5, 5.41) is 17.5. The Morgan fingerprint density at radius 3 is 2.20 bits per heavy atom. The molecule has 0 heterocycles. The lowest BCUT2D eigenvalue weighted by molar-refractivity contribution is 0.217. The fourth-order valence-electron chi connectivity index (χ4n) is 2.35. The summed E-state index contributed by atoms with van der Waals surface area (Å²) in [6, 6.07) is 17.1. The molecular formula is C21H20N2O2. The van der Waals surface area contributed by atoms with Crippen LogP contribution in [0.4, 0.5) is 0 Å². The highest BCUT2D eigenvalue weighted by molar-refractivity contribution is 5.62. The number of benzene rings is 2. The summed E-state index contributed by atoms with van der Waals surface area (Å²) < 4.78 is 11.4. The van der Waals surface area contributed by atoms with Gasteiger partial charge in [0.2, 0.25) is 0 Å². The minimum absolute atomic E-state index is 0.0756. The normalized spacial score (nSPS) is 9.60. The zero-order valence-corrected chi connectivity index (χ0v) is 14.5. The van der Waals surface area contributed by atoms with Crippen LogP contribution in [0.15, 0.2) is 48.0 Å². The molecular weight excluding hydrogens is 312 g/mol. The number of hydrogen-bond donors (Lipinski definition) is 0. The highest BCUT2D eigenvalue weighted by atomic mass is 16.5. The zero-order valence-electron chi connectivity index (χ0n) is 14.5. The van der Waals surface area contributed by atoms with Gasteiger partial charge in [-0.3, -0.25) is 0 Å². The van der Waals surface area contributed by atoms with Gasteiger partial charge in [0, 0.05) is 0 Å². The smallest absolute Gasteiger partial charge is 0.130 e. The van der Waals surface area contributed by atoms with E-state index in [0.29, 0.717) is 13.2 Å². The summed E-state index contributed by atoms with van der Waals surface area (Å²) in [5.74, 6) is 1.58. The number of nitrogens with zero attached hydrogens (tertiary/aromatic N) is 2. The lowest BCUT2D eigenvalue weighted by Gasteiger charge is -2.10. The first-order valence-electron chi connectivity index (χ1n) is 8.12. The molecule has 0 amide bonds. The minimum Gasteiger partial charge on any atom is -0.490 e. The van der Waals surface area contributed by atoms with E-state index in [4.69, 9.17) is 20.0 Å². The van der Waals surface area contributed by atoms with Gasteiger partial charge in [0.1, 0.15) is 42.4 Å². The van der Waals surface area contributed by atoms with E-state index in [2.05, 4.69) is 26.0 Å². The average Bonchev–Trinajstić information content (AvgIpc) is 2.64. The van der Waals surface area contributed by atoms with Crippen LogP contribution in [-0.4, -0.2) is 13.2 Å². The van der Waals surface area contributed by atoms with Crippen molar-refractivity contribution in [3.63, 3.8) is 0 Å². The highest BCUT2D eigenvalue weighted by Gasteiger charge is 2.00. The molecule has 0 radical (unpaired) electrons. The second kappa shape index (κ2) is 9.15. The molecule has 0 saturated carbocycles. The molecule has 0 aliphatic heterocycles. The third-order valence-corrected chi connectivity index (χ3v) is 3.57. The van der Waals surface area contributed by atoms with Crippen LogP contribution < -0.4 is 9.47 Å². The van der Waals surface area contributed by atoms with Gasteiger partial charge in [-0.05, 0) is 60.4 Å². The molecule has 0 aliphatic carbocycles. The molecule has 4 heteroatoms. The molecule has 2 aromatic rings. The van der Waals surface area contributed by atoms with Crippen molar-refractivity contribution < 1.29 is 9.47 Å². The van der Waals surface area contributed by atoms with Crippen LogP contribution >= 0.6 is 0 Å². The highest BCUT2D eigenvalue weighted by Crippen LogP contribution is 2.18. The number of hydrogen-bond acceptors (Lipinski definition) is 4. The van der Waals surface area contributed by atoms with Gasteiger partial charge in [-0.2, -0.15) is 10.5 Å². The minimum atomic E-state index is 0.0756. The molecule has 0 aliphatic rings. The van der Waals surface area contributed by atoms with Gasteiger partial charge in [-0.1, -0.05) is 25.1 Å². The van der Waals surface area contributed by atoms with Crippen molar-refractivity contribution in [1.82, 2.24) is 0 Å². The van der Waals surface area contributed by atoms with E-state index in [1.807, 2.05) is 18.2 Å². The molecule has 25 heavy (non-hydrogen) atoms.